The summed E-state index contributed by atoms with van der Waals surface area (Å²) in [4.78, 5) is 10.5. The fourth-order valence-corrected chi connectivity index (χ4v) is 8.39. The van der Waals surface area contributed by atoms with Crippen LogP contribution in [0.3, 0.4) is 0 Å². The molecule has 4 nitrogen and oxygen atoms in total. The normalized spacial score (nSPS) is 11.6. The third-order valence-electron chi connectivity index (χ3n) is 11.9. The molecule has 316 valence electrons. The molecule has 0 aliphatic rings. The second kappa shape index (κ2) is 17.8. The molecule has 9 rings (SSSR count). The second-order valence-electron chi connectivity index (χ2n) is 18.0. The van der Waals surface area contributed by atoms with Crippen molar-refractivity contribution in [3.63, 3.8) is 0 Å². The summed E-state index contributed by atoms with van der Waals surface area (Å²) in [6.45, 7) is 15.5. The van der Waals surface area contributed by atoms with E-state index in [-0.39, 0.29) is 44.1 Å². The molecule has 2 heterocycles. The maximum atomic E-state index is 12.3. The Morgan fingerprint density at radius 2 is 1.16 bits per heavy atom. The molecular weight excluding hydrogens is 950 g/mol. The summed E-state index contributed by atoms with van der Waals surface area (Å²) in [6.07, 6.45) is 1.88. The zero-order chi connectivity index (χ0) is 43.1. The largest absolute Gasteiger partial charge is 0.507 e. The number of pyridine rings is 1. The molecule has 63 heavy (non-hydrogen) atoms. The number of aromatic hydroxyl groups is 1. The molecule has 0 aliphatic heterocycles. The van der Waals surface area contributed by atoms with Crippen LogP contribution in [0.2, 0.25) is 0 Å². The minimum absolute atomic E-state index is 0. The minimum Gasteiger partial charge on any atom is -0.507 e. The van der Waals surface area contributed by atoms with Crippen LogP contribution >= 0.6 is 0 Å². The van der Waals surface area contributed by atoms with Gasteiger partial charge in [0.15, 0.2) is 0 Å². The predicted molar refractivity (Wildman–Crippen MR) is 259 cm³/mol. The van der Waals surface area contributed by atoms with Crippen LogP contribution in [0.1, 0.15) is 77.0 Å². The first-order valence-electron chi connectivity index (χ1n) is 21.7. The fraction of sp³-hybridized carbons (Fsp3) is 0.172. The number of hydrogen-bond acceptors (Lipinski definition) is 3. The molecule has 0 amide bonds. The average Bonchev–Trinajstić information content (AvgIpc) is 3.69. The molecule has 0 saturated carbocycles. The molecule has 0 fully saturated rings. The Morgan fingerprint density at radius 3 is 1.76 bits per heavy atom. The number of aromatic nitrogens is 3. The number of fused-ring (bicyclic) bond motifs is 1. The number of phenols is 1. The number of hydrogen-bond donors (Lipinski definition) is 1. The van der Waals surface area contributed by atoms with Crippen molar-refractivity contribution in [3.05, 3.63) is 193 Å². The topological polar surface area (TPSA) is 50.9 Å². The third kappa shape index (κ3) is 8.70. The zero-order valence-electron chi connectivity index (χ0n) is 36.9. The Labute approximate surface area is 386 Å². The van der Waals surface area contributed by atoms with Crippen LogP contribution in [0, 0.1) is 6.07 Å². The van der Waals surface area contributed by atoms with Gasteiger partial charge < -0.3 is 5.11 Å². The number of rotatable bonds is 9. The van der Waals surface area contributed by atoms with Crippen molar-refractivity contribution < 1.29 is 26.2 Å². The van der Waals surface area contributed by atoms with Gasteiger partial charge in [-0.05, 0) is 92.1 Å². The van der Waals surface area contributed by atoms with Gasteiger partial charge in [0.25, 0.3) is 0 Å². The maximum Gasteiger partial charge on any atom is 0.148 e. The Balaban J connectivity index is 0.00000544. The van der Waals surface area contributed by atoms with E-state index in [1.54, 1.807) is 0 Å². The van der Waals surface area contributed by atoms with Crippen LogP contribution in [0.4, 0.5) is 0 Å². The molecule has 0 unspecified atom stereocenters. The molecule has 0 radical (unpaired) electrons. The Kier molecular flexibility index (Phi) is 12.2. The smallest absolute Gasteiger partial charge is 0.148 e. The van der Waals surface area contributed by atoms with Gasteiger partial charge in [-0.25, -0.2) is 4.98 Å². The first-order chi connectivity index (χ1) is 29.9. The van der Waals surface area contributed by atoms with E-state index in [2.05, 4.69) is 211 Å². The SMILES string of the molecule is CC(C)c1cc(-c2nc3c(-c4[c-]c(-c5cc(-c6ccccc6)ccn5)cc(-c5ccccc5)c4)cccc3n2-c2cc(-c3ccccc3)cc(C(C)(C)C)c2)c(O)c(C(C)C)c1.[Pt]. The molecule has 0 spiro atoms. The molecule has 0 aliphatic carbocycles. The van der Waals surface area contributed by atoms with Crippen LogP contribution in [0.5, 0.6) is 5.75 Å². The van der Waals surface area contributed by atoms with Crippen molar-refractivity contribution in [1.29, 1.82) is 0 Å². The van der Waals surface area contributed by atoms with Crippen LogP contribution in [0.15, 0.2) is 170 Å². The van der Waals surface area contributed by atoms with Crippen molar-refractivity contribution in [2.75, 3.05) is 0 Å². The van der Waals surface area contributed by atoms with Gasteiger partial charge in [0.05, 0.1) is 16.6 Å². The quantitative estimate of drug-likeness (QED) is 0.147. The minimum atomic E-state index is -0.138. The van der Waals surface area contributed by atoms with Crippen molar-refractivity contribution >= 4 is 11.0 Å². The number of benzene rings is 7. The van der Waals surface area contributed by atoms with E-state index in [9.17, 15) is 5.11 Å². The molecular formula is C58H52N3OPt-. The number of phenolic OH excluding ortho intramolecular Hbond substituents is 1. The predicted octanol–water partition coefficient (Wildman–Crippen LogP) is 15.5. The Hall–Kier alpha value is -6.35. The van der Waals surface area contributed by atoms with Gasteiger partial charge >= 0.3 is 0 Å². The van der Waals surface area contributed by atoms with Gasteiger partial charge in [-0.3, -0.25) is 9.55 Å². The summed E-state index contributed by atoms with van der Waals surface area (Å²) in [6, 6.07) is 61.5. The third-order valence-corrected chi connectivity index (χ3v) is 11.9. The van der Waals surface area contributed by atoms with Gasteiger partial charge in [-0.1, -0.05) is 186 Å². The fourth-order valence-electron chi connectivity index (χ4n) is 8.39. The van der Waals surface area contributed by atoms with E-state index in [0.29, 0.717) is 11.4 Å². The monoisotopic (exact) mass is 1000 g/mol. The van der Waals surface area contributed by atoms with Crippen LogP contribution in [-0.4, -0.2) is 19.6 Å². The molecule has 0 bridgehead atoms. The molecule has 7 aromatic carbocycles. The molecule has 0 saturated heterocycles. The second-order valence-corrected chi connectivity index (χ2v) is 18.0. The van der Waals surface area contributed by atoms with E-state index in [4.69, 9.17) is 9.97 Å². The van der Waals surface area contributed by atoms with Crippen LogP contribution in [-0.2, 0) is 26.5 Å². The van der Waals surface area contributed by atoms with E-state index in [1.807, 2.05) is 18.3 Å². The molecule has 1 N–H and O–H groups in total. The van der Waals surface area contributed by atoms with Gasteiger partial charge in [-0.2, -0.15) is 0 Å². The summed E-state index contributed by atoms with van der Waals surface area (Å²) < 4.78 is 2.26. The Morgan fingerprint density at radius 1 is 0.556 bits per heavy atom. The summed E-state index contributed by atoms with van der Waals surface area (Å²) in [7, 11) is 0. The maximum absolute atomic E-state index is 12.3. The number of para-hydroxylation sites is 1. The summed E-state index contributed by atoms with van der Waals surface area (Å²) in [5.41, 5.74) is 16.8. The van der Waals surface area contributed by atoms with E-state index >= 15 is 0 Å². The van der Waals surface area contributed by atoms with E-state index < -0.39 is 0 Å². The average molecular weight is 1000 g/mol. The summed E-state index contributed by atoms with van der Waals surface area (Å²) in [5.74, 6) is 1.31. The number of nitrogens with zero attached hydrogens (tertiary/aromatic N) is 3. The van der Waals surface area contributed by atoms with E-state index in [1.165, 1.54) is 5.56 Å². The molecule has 2 aromatic heterocycles. The van der Waals surface area contributed by atoms with Crippen LogP contribution < -0.4 is 0 Å². The van der Waals surface area contributed by atoms with Crippen molar-refractivity contribution in [2.45, 2.75) is 65.7 Å². The van der Waals surface area contributed by atoms with Gasteiger partial charge in [0, 0.05) is 38.6 Å². The standard InChI is InChI=1S/C58H52N3O.Pt/c1-37(2)43-33-51(38(3)4)56(62)52(34-43)57-60-55-50(24-17-25-54(55)61(57)49-32-45(41-22-15-10-16-23-41)31-48(36-49)58(5,6)7)46-28-44(40-20-13-9-14-21-40)29-47(30-46)53-35-42(26-27-59-53)39-18-11-8-12-19-39;/h8-29,31-38,62H,1-7H3;/q-1;. The Bertz CT molecular complexity index is 3050. The zero-order valence-corrected chi connectivity index (χ0v) is 39.2. The van der Waals surface area contributed by atoms with Crippen molar-refractivity contribution in [1.82, 2.24) is 14.5 Å². The van der Waals surface area contributed by atoms with E-state index in [0.717, 1.165) is 83.6 Å². The first-order valence-corrected chi connectivity index (χ1v) is 21.7. The molecule has 0 atom stereocenters. The number of imidazole rings is 1. The first kappa shape index (κ1) is 43.3. The molecule has 5 heteroatoms. The van der Waals surface area contributed by atoms with Crippen molar-refractivity contribution in [3.8, 4) is 78.6 Å². The van der Waals surface area contributed by atoms with Crippen molar-refractivity contribution in [2.24, 2.45) is 0 Å². The van der Waals surface area contributed by atoms with Gasteiger partial charge in [-0.15, -0.1) is 23.8 Å². The summed E-state index contributed by atoms with van der Waals surface area (Å²) >= 11 is 0. The van der Waals surface area contributed by atoms with Gasteiger partial charge in [0.2, 0.25) is 0 Å². The molecule has 9 aromatic rings. The van der Waals surface area contributed by atoms with Crippen LogP contribution in [0.25, 0.3) is 83.9 Å². The summed E-state index contributed by atoms with van der Waals surface area (Å²) in [5, 5.41) is 12.3. The van der Waals surface area contributed by atoms with Gasteiger partial charge in [0.1, 0.15) is 11.6 Å².